The van der Waals surface area contributed by atoms with Crippen LogP contribution in [-0.2, 0) is 6.54 Å². The van der Waals surface area contributed by atoms with E-state index in [0.717, 1.165) is 25.2 Å². The van der Waals surface area contributed by atoms with Gasteiger partial charge in [0.25, 0.3) is 5.69 Å². The second-order valence-electron chi connectivity index (χ2n) is 4.41. The average Bonchev–Trinajstić information content (AvgIpc) is 2.32. The van der Waals surface area contributed by atoms with Crippen molar-refractivity contribution in [2.24, 2.45) is 0 Å². The molecule has 92 valence electrons. The van der Waals surface area contributed by atoms with Crippen LogP contribution in [0, 0.1) is 10.1 Å². The fourth-order valence-electron chi connectivity index (χ4n) is 2.16. The van der Waals surface area contributed by atoms with Crippen molar-refractivity contribution in [1.29, 1.82) is 0 Å². The molecule has 17 heavy (non-hydrogen) atoms. The van der Waals surface area contributed by atoms with E-state index in [2.05, 4.69) is 17.1 Å². The first-order valence-corrected chi connectivity index (χ1v) is 5.85. The van der Waals surface area contributed by atoms with Gasteiger partial charge in [-0.25, -0.2) is 0 Å². The third-order valence-corrected chi connectivity index (χ3v) is 3.20. The molecule has 1 atom stereocenters. The predicted molar refractivity (Wildman–Crippen MR) is 65.8 cm³/mol. The van der Waals surface area contributed by atoms with Crippen LogP contribution >= 0.6 is 0 Å². The Kier molecular flexibility index (Phi) is 3.71. The lowest BCUT2D eigenvalue weighted by Gasteiger charge is -2.33. The van der Waals surface area contributed by atoms with Gasteiger partial charge in [-0.1, -0.05) is 18.2 Å². The van der Waals surface area contributed by atoms with Crippen LogP contribution < -0.4 is 5.32 Å². The molecule has 1 N–H and O–H groups in total. The summed E-state index contributed by atoms with van der Waals surface area (Å²) in [5.74, 6) is 0. The summed E-state index contributed by atoms with van der Waals surface area (Å²) in [5, 5.41) is 14.2. The van der Waals surface area contributed by atoms with E-state index in [4.69, 9.17) is 0 Å². The molecule has 0 aliphatic carbocycles. The van der Waals surface area contributed by atoms with Gasteiger partial charge < -0.3 is 5.32 Å². The van der Waals surface area contributed by atoms with Gasteiger partial charge in [0.15, 0.2) is 0 Å². The van der Waals surface area contributed by atoms with Gasteiger partial charge in [-0.2, -0.15) is 0 Å². The van der Waals surface area contributed by atoms with Crippen LogP contribution in [0.25, 0.3) is 0 Å². The minimum atomic E-state index is -0.303. The van der Waals surface area contributed by atoms with Gasteiger partial charge in [0.2, 0.25) is 0 Å². The number of nitro benzene ring substituents is 1. The van der Waals surface area contributed by atoms with Crippen LogP contribution in [-0.4, -0.2) is 35.5 Å². The van der Waals surface area contributed by atoms with Crippen molar-refractivity contribution < 1.29 is 4.92 Å². The van der Waals surface area contributed by atoms with Crippen LogP contribution in [0.1, 0.15) is 12.5 Å². The van der Waals surface area contributed by atoms with E-state index in [-0.39, 0.29) is 10.6 Å². The van der Waals surface area contributed by atoms with Crippen LogP contribution in [0.5, 0.6) is 0 Å². The van der Waals surface area contributed by atoms with Crippen molar-refractivity contribution in [2.45, 2.75) is 19.5 Å². The highest BCUT2D eigenvalue weighted by Gasteiger charge is 2.21. The lowest BCUT2D eigenvalue weighted by atomic mass is 10.1. The second-order valence-corrected chi connectivity index (χ2v) is 4.41. The Morgan fingerprint density at radius 3 is 3.00 bits per heavy atom. The molecule has 0 bridgehead atoms. The molecule has 1 saturated heterocycles. The van der Waals surface area contributed by atoms with Crippen molar-refractivity contribution in [3.8, 4) is 0 Å². The molecular formula is C12H17N3O2. The molecule has 1 aliphatic heterocycles. The Hall–Kier alpha value is -1.46. The molecule has 0 aromatic heterocycles. The van der Waals surface area contributed by atoms with Crippen molar-refractivity contribution in [2.75, 3.05) is 19.6 Å². The second kappa shape index (κ2) is 5.25. The number of nitrogens with zero attached hydrogens (tertiary/aromatic N) is 2. The SMILES string of the molecule is C[C@@H]1CNCCN1Cc1ccccc1[N+](=O)[O-]. The minimum absolute atomic E-state index is 0.221. The standard InChI is InChI=1S/C12H17N3O2/c1-10-8-13-6-7-14(10)9-11-4-2-3-5-12(11)15(16)17/h2-5,10,13H,6-9H2,1H3/t10-/m1/s1. The Morgan fingerprint density at radius 1 is 1.53 bits per heavy atom. The van der Waals surface area contributed by atoms with E-state index >= 15 is 0 Å². The highest BCUT2D eigenvalue weighted by atomic mass is 16.6. The number of para-hydroxylation sites is 1. The van der Waals surface area contributed by atoms with E-state index in [1.54, 1.807) is 12.1 Å². The highest BCUT2D eigenvalue weighted by Crippen LogP contribution is 2.20. The summed E-state index contributed by atoms with van der Waals surface area (Å²) in [5.41, 5.74) is 1.02. The van der Waals surface area contributed by atoms with Crippen molar-refractivity contribution in [1.82, 2.24) is 10.2 Å². The normalized spacial score (nSPS) is 21.4. The van der Waals surface area contributed by atoms with Crippen LogP contribution in [0.3, 0.4) is 0 Å². The third kappa shape index (κ3) is 2.81. The Labute approximate surface area is 101 Å². The fraction of sp³-hybridized carbons (Fsp3) is 0.500. The first-order chi connectivity index (χ1) is 8.18. The van der Waals surface area contributed by atoms with E-state index in [0.29, 0.717) is 12.6 Å². The summed E-state index contributed by atoms with van der Waals surface area (Å²) in [6.45, 7) is 5.62. The molecule has 1 aliphatic rings. The number of hydrogen-bond donors (Lipinski definition) is 1. The summed E-state index contributed by atoms with van der Waals surface area (Å²) >= 11 is 0. The molecule has 2 rings (SSSR count). The van der Waals surface area contributed by atoms with Gasteiger partial charge in [-0.3, -0.25) is 15.0 Å². The lowest BCUT2D eigenvalue weighted by molar-refractivity contribution is -0.385. The molecule has 1 aromatic rings. The van der Waals surface area contributed by atoms with E-state index < -0.39 is 0 Å². The van der Waals surface area contributed by atoms with E-state index in [1.807, 2.05) is 12.1 Å². The first kappa shape index (κ1) is 12.0. The largest absolute Gasteiger partial charge is 0.314 e. The summed E-state index contributed by atoms with van der Waals surface area (Å²) in [4.78, 5) is 12.9. The molecule has 5 heteroatoms. The average molecular weight is 235 g/mol. The lowest BCUT2D eigenvalue weighted by Crippen LogP contribution is -2.49. The molecular weight excluding hydrogens is 218 g/mol. The van der Waals surface area contributed by atoms with Crippen LogP contribution in [0.15, 0.2) is 24.3 Å². The predicted octanol–water partition coefficient (Wildman–Crippen LogP) is 1.39. The van der Waals surface area contributed by atoms with E-state index in [9.17, 15) is 10.1 Å². The van der Waals surface area contributed by atoms with Crippen LogP contribution in [0.4, 0.5) is 5.69 Å². The van der Waals surface area contributed by atoms with E-state index in [1.165, 1.54) is 0 Å². The summed E-state index contributed by atoms with van der Waals surface area (Å²) in [6, 6.07) is 7.40. The quantitative estimate of drug-likeness (QED) is 0.635. The maximum absolute atomic E-state index is 10.9. The smallest absolute Gasteiger partial charge is 0.273 e. The Bertz CT molecular complexity index is 408. The monoisotopic (exact) mass is 235 g/mol. The summed E-state index contributed by atoms with van der Waals surface area (Å²) < 4.78 is 0. The number of nitrogens with one attached hydrogen (secondary N) is 1. The minimum Gasteiger partial charge on any atom is -0.314 e. The maximum Gasteiger partial charge on any atom is 0.273 e. The summed E-state index contributed by atoms with van der Waals surface area (Å²) in [6.07, 6.45) is 0. The van der Waals surface area contributed by atoms with Crippen LogP contribution in [0.2, 0.25) is 0 Å². The van der Waals surface area contributed by atoms with Crippen molar-refractivity contribution in [3.05, 3.63) is 39.9 Å². The highest BCUT2D eigenvalue weighted by molar-refractivity contribution is 5.39. The molecule has 0 saturated carbocycles. The van der Waals surface area contributed by atoms with Crippen molar-refractivity contribution >= 4 is 5.69 Å². The molecule has 1 fully saturated rings. The molecule has 5 nitrogen and oxygen atoms in total. The van der Waals surface area contributed by atoms with Gasteiger partial charge in [0, 0.05) is 43.9 Å². The molecule has 0 spiro atoms. The zero-order valence-electron chi connectivity index (χ0n) is 9.93. The van der Waals surface area contributed by atoms with Gasteiger partial charge in [0.05, 0.1) is 4.92 Å². The molecule has 1 aromatic carbocycles. The maximum atomic E-state index is 10.9. The first-order valence-electron chi connectivity index (χ1n) is 5.85. The zero-order valence-corrected chi connectivity index (χ0v) is 9.93. The van der Waals surface area contributed by atoms with Gasteiger partial charge in [0.1, 0.15) is 0 Å². The Balaban J connectivity index is 2.14. The summed E-state index contributed by atoms with van der Waals surface area (Å²) in [7, 11) is 0. The zero-order chi connectivity index (χ0) is 12.3. The number of piperazine rings is 1. The topological polar surface area (TPSA) is 58.4 Å². The number of benzene rings is 1. The molecule has 0 unspecified atom stereocenters. The van der Waals surface area contributed by atoms with Gasteiger partial charge in [-0.05, 0) is 6.92 Å². The van der Waals surface area contributed by atoms with Gasteiger partial charge in [-0.15, -0.1) is 0 Å². The van der Waals surface area contributed by atoms with Gasteiger partial charge >= 0.3 is 0 Å². The molecule has 1 heterocycles. The third-order valence-electron chi connectivity index (χ3n) is 3.20. The molecule has 0 amide bonds. The van der Waals surface area contributed by atoms with Crippen molar-refractivity contribution in [3.63, 3.8) is 0 Å². The number of nitro groups is 1. The number of rotatable bonds is 3. The molecule has 0 radical (unpaired) electrons. The Morgan fingerprint density at radius 2 is 2.29 bits per heavy atom. The fourth-order valence-corrected chi connectivity index (χ4v) is 2.16. The number of hydrogen-bond acceptors (Lipinski definition) is 4.